The zero-order valence-corrected chi connectivity index (χ0v) is 15.8. The molecule has 1 aromatic heterocycles. The molecule has 0 aliphatic carbocycles. The molecule has 3 aromatic rings. The van der Waals surface area contributed by atoms with Gasteiger partial charge in [-0.05, 0) is 49.4 Å². The van der Waals surface area contributed by atoms with E-state index in [1.807, 2.05) is 35.8 Å². The number of hydrogen-bond acceptors (Lipinski definition) is 3. The van der Waals surface area contributed by atoms with Gasteiger partial charge in [-0.3, -0.25) is 4.57 Å². The van der Waals surface area contributed by atoms with Crippen LogP contribution in [0.2, 0.25) is 0 Å². The van der Waals surface area contributed by atoms with E-state index in [1.165, 1.54) is 12.1 Å². The average Bonchev–Trinajstić information content (AvgIpc) is 2.91. The van der Waals surface area contributed by atoms with Crippen molar-refractivity contribution in [3.05, 3.63) is 75.8 Å². The Balaban J connectivity index is 1.74. The number of hydrogen-bond donors (Lipinski definition) is 1. The van der Waals surface area contributed by atoms with Gasteiger partial charge in [-0.15, -0.1) is 10.2 Å². The third kappa shape index (κ3) is 3.37. The van der Waals surface area contributed by atoms with Gasteiger partial charge in [-0.1, -0.05) is 22.0 Å². The van der Waals surface area contributed by atoms with Crippen LogP contribution in [0, 0.1) is 6.92 Å². The third-order valence-electron chi connectivity index (χ3n) is 4.36. The molecule has 0 unspecified atom stereocenters. The Morgan fingerprint density at radius 1 is 1.07 bits per heavy atom. The summed E-state index contributed by atoms with van der Waals surface area (Å²) in [4.78, 5) is 0. The summed E-state index contributed by atoms with van der Waals surface area (Å²) in [5.74, 6) is 1.58. The lowest BCUT2D eigenvalue weighted by atomic mass is 10.1. The van der Waals surface area contributed by atoms with E-state index in [2.05, 4.69) is 31.4 Å². The summed E-state index contributed by atoms with van der Waals surface area (Å²) >= 11 is 3.49. The topological polar surface area (TPSA) is 42.7 Å². The molecule has 138 valence electrons. The summed E-state index contributed by atoms with van der Waals surface area (Å²) in [5, 5.41) is 11.6. The standard InChI is InChI=1S/C19H14BrF3N4/c1-11-25-26-18-9-7-16(15-10-13(20)4-8-17(15)27(11)18)24-14-5-2-12(3-6-14)19(21,22)23/h2-8,10,24H,9H2,1H3. The van der Waals surface area contributed by atoms with Crippen LogP contribution >= 0.6 is 15.9 Å². The smallest absolute Gasteiger partial charge is 0.355 e. The van der Waals surface area contributed by atoms with Crippen molar-refractivity contribution in [1.82, 2.24) is 14.8 Å². The Kier molecular flexibility index (Phi) is 4.30. The second kappa shape index (κ2) is 6.53. The molecule has 27 heavy (non-hydrogen) atoms. The molecule has 0 saturated carbocycles. The summed E-state index contributed by atoms with van der Waals surface area (Å²) in [6.45, 7) is 1.89. The van der Waals surface area contributed by atoms with E-state index in [4.69, 9.17) is 0 Å². The van der Waals surface area contributed by atoms with E-state index in [1.54, 1.807) is 0 Å². The molecular weight excluding hydrogens is 421 g/mol. The number of aryl methyl sites for hydroxylation is 1. The van der Waals surface area contributed by atoms with Crippen molar-refractivity contribution in [2.24, 2.45) is 0 Å². The number of alkyl halides is 3. The number of anilines is 1. The SMILES string of the molecule is Cc1nnc2n1-c1ccc(Br)cc1C(Nc1ccc(C(F)(F)F)cc1)=CC2. The highest BCUT2D eigenvalue weighted by Gasteiger charge is 2.30. The van der Waals surface area contributed by atoms with Crippen LogP contribution in [-0.2, 0) is 12.6 Å². The van der Waals surface area contributed by atoms with Crippen molar-refractivity contribution in [3.8, 4) is 5.69 Å². The predicted octanol–water partition coefficient (Wildman–Crippen LogP) is 5.37. The van der Waals surface area contributed by atoms with Gasteiger partial charge in [0.1, 0.15) is 11.6 Å². The lowest BCUT2D eigenvalue weighted by Gasteiger charge is -2.16. The van der Waals surface area contributed by atoms with Crippen LogP contribution in [0.5, 0.6) is 0 Å². The van der Waals surface area contributed by atoms with Crippen LogP contribution in [0.15, 0.2) is 53.0 Å². The molecule has 1 N–H and O–H groups in total. The van der Waals surface area contributed by atoms with Crippen molar-refractivity contribution in [3.63, 3.8) is 0 Å². The second-order valence-corrected chi connectivity index (χ2v) is 7.10. The Morgan fingerprint density at radius 3 is 2.52 bits per heavy atom. The normalized spacial score (nSPS) is 13.4. The maximum Gasteiger partial charge on any atom is 0.416 e. The van der Waals surface area contributed by atoms with Crippen LogP contribution in [0.1, 0.15) is 22.8 Å². The van der Waals surface area contributed by atoms with E-state index in [0.717, 1.165) is 45.2 Å². The Labute approximate surface area is 161 Å². The molecule has 0 fully saturated rings. The molecule has 0 radical (unpaired) electrons. The quantitative estimate of drug-likeness (QED) is 0.589. The molecule has 4 nitrogen and oxygen atoms in total. The number of benzene rings is 2. The van der Waals surface area contributed by atoms with Crippen molar-refractivity contribution in [2.75, 3.05) is 5.32 Å². The summed E-state index contributed by atoms with van der Waals surface area (Å²) in [5.41, 5.74) is 2.53. The third-order valence-corrected chi connectivity index (χ3v) is 4.85. The highest BCUT2D eigenvalue weighted by Crippen LogP contribution is 2.33. The molecule has 0 amide bonds. The van der Waals surface area contributed by atoms with E-state index in [-0.39, 0.29) is 0 Å². The molecular formula is C19H14BrF3N4. The first kappa shape index (κ1) is 17.8. The lowest BCUT2D eigenvalue weighted by Crippen LogP contribution is -2.06. The highest BCUT2D eigenvalue weighted by atomic mass is 79.9. The van der Waals surface area contributed by atoms with Gasteiger partial charge >= 0.3 is 6.18 Å². The number of nitrogens with one attached hydrogen (secondary N) is 1. The van der Waals surface area contributed by atoms with Crippen LogP contribution in [-0.4, -0.2) is 14.8 Å². The zero-order valence-electron chi connectivity index (χ0n) is 14.2. The zero-order chi connectivity index (χ0) is 19.2. The molecule has 1 aliphatic rings. The van der Waals surface area contributed by atoms with Gasteiger partial charge in [0.05, 0.1) is 11.3 Å². The van der Waals surface area contributed by atoms with E-state index in [9.17, 15) is 13.2 Å². The number of aromatic nitrogens is 3. The molecule has 0 atom stereocenters. The highest BCUT2D eigenvalue weighted by molar-refractivity contribution is 9.10. The van der Waals surface area contributed by atoms with E-state index in [0.29, 0.717) is 12.1 Å². The van der Waals surface area contributed by atoms with Gasteiger partial charge in [0, 0.05) is 27.8 Å². The van der Waals surface area contributed by atoms with Crippen LogP contribution in [0.3, 0.4) is 0 Å². The molecule has 0 spiro atoms. The van der Waals surface area contributed by atoms with Crippen molar-refractivity contribution < 1.29 is 13.2 Å². The second-order valence-electron chi connectivity index (χ2n) is 6.18. The number of rotatable bonds is 2. The summed E-state index contributed by atoms with van der Waals surface area (Å²) < 4.78 is 41.2. The number of halogens is 4. The number of fused-ring (bicyclic) bond motifs is 3. The lowest BCUT2D eigenvalue weighted by molar-refractivity contribution is -0.137. The molecule has 2 heterocycles. The van der Waals surface area contributed by atoms with Gasteiger partial charge in [-0.25, -0.2) is 0 Å². The predicted molar refractivity (Wildman–Crippen MR) is 101 cm³/mol. The van der Waals surface area contributed by atoms with Crippen LogP contribution in [0.4, 0.5) is 18.9 Å². The van der Waals surface area contributed by atoms with Crippen LogP contribution < -0.4 is 5.32 Å². The minimum absolute atomic E-state index is 0.552. The van der Waals surface area contributed by atoms with Gasteiger partial charge in [0.25, 0.3) is 0 Å². The maximum absolute atomic E-state index is 12.8. The molecule has 1 aliphatic heterocycles. The molecule has 4 rings (SSSR count). The summed E-state index contributed by atoms with van der Waals surface area (Å²) in [7, 11) is 0. The Morgan fingerprint density at radius 2 is 1.81 bits per heavy atom. The van der Waals surface area contributed by atoms with E-state index >= 15 is 0 Å². The molecule has 0 bridgehead atoms. The minimum atomic E-state index is -4.35. The van der Waals surface area contributed by atoms with Crippen molar-refractivity contribution in [2.45, 2.75) is 19.5 Å². The average molecular weight is 435 g/mol. The van der Waals surface area contributed by atoms with Gasteiger partial charge in [0.2, 0.25) is 0 Å². The Bertz CT molecular complexity index is 1040. The number of allylic oxidation sites excluding steroid dienone is 1. The van der Waals surface area contributed by atoms with Gasteiger partial charge in [-0.2, -0.15) is 13.2 Å². The first-order chi connectivity index (χ1) is 12.8. The maximum atomic E-state index is 12.8. The monoisotopic (exact) mass is 434 g/mol. The fourth-order valence-corrected chi connectivity index (χ4v) is 3.45. The van der Waals surface area contributed by atoms with Gasteiger partial charge in [0.15, 0.2) is 0 Å². The fourth-order valence-electron chi connectivity index (χ4n) is 3.09. The molecule has 8 heteroatoms. The van der Waals surface area contributed by atoms with Gasteiger partial charge < -0.3 is 5.32 Å². The van der Waals surface area contributed by atoms with Crippen molar-refractivity contribution in [1.29, 1.82) is 0 Å². The fraction of sp³-hybridized carbons (Fsp3) is 0.158. The first-order valence-corrected chi connectivity index (χ1v) is 8.98. The molecule has 2 aromatic carbocycles. The summed E-state index contributed by atoms with van der Waals surface area (Å²) in [6.07, 6.45) is -1.83. The van der Waals surface area contributed by atoms with Crippen LogP contribution in [0.25, 0.3) is 11.4 Å². The van der Waals surface area contributed by atoms with Crippen molar-refractivity contribution >= 4 is 27.3 Å². The Hall–Kier alpha value is -2.61. The summed E-state index contributed by atoms with van der Waals surface area (Å²) in [6, 6.07) is 10.9. The van der Waals surface area contributed by atoms with E-state index < -0.39 is 11.7 Å². The number of nitrogens with zero attached hydrogens (tertiary/aromatic N) is 3. The minimum Gasteiger partial charge on any atom is -0.355 e. The largest absolute Gasteiger partial charge is 0.416 e. The first-order valence-electron chi connectivity index (χ1n) is 8.18. The molecule has 0 saturated heterocycles.